The maximum atomic E-state index is 12.1. The molecular formula is C20H22N4O2S. The van der Waals surface area contributed by atoms with Gasteiger partial charge in [0.2, 0.25) is 5.91 Å². The van der Waals surface area contributed by atoms with Crippen LogP contribution in [0.2, 0.25) is 0 Å². The predicted octanol–water partition coefficient (Wildman–Crippen LogP) is 3.17. The smallest absolute Gasteiger partial charge is 0.230 e. The monoisotopic (exact) mass is 382 g/mol. The van der Waals surface area contributed by atoms with E-state index in [1.165, 1.54) is 22.9 Å². The largest absolute Gasteiger partial charge is 0.492 e. The molecule has 3 rings (SSSR count). The number of amides is 1. The molecule has 0 saturated heterocycles. The van der Waals surface area contributed by atoms with Crippen LogP contribution in [0.25, 0.3) is 5.69 Å². The van der Waals surface area contributed by atoms with Crippen LogP contribution in [0.1, 0.15) is 11.1 Å². The minimum absolute atomic E-state index is 0.0636. The number of nitrogens with zero attached hydrogens (tertiary/aromatic N) is 3. The second-order valence-electron chi connectivity index (χ2n) is 6.05. The zero-order valence-corrected chi connectivity index (χ0v) is 16.2. The fourth-order valence-corrected chi connectivity index (χ4v) is 3.19. The van der Waals surface area contributed by atoms with Crippen molar-refractivity contribution in [3.63, 3.8) is 0 Å². The minimum atomic E-state index is -0.0636. The Balaban J connectivity index is 1.47. The highest BCUT2D eigenvalue weighted by Gasteiger charge is 2.10. The highest BCUT2D eigenvalue weighted by Crippen LogP contribution is 2.21. The average Bonchev–Trinajstić information content (AvgIpc) is 3.15. The normalized spacial score (nSPS) is 10.6. The molecule has 6 nitrogen and oxygen atoms in total. The molecule has 0 unspecified atom stereocenters. The van der Waals surface area contributed by atoms with Crippen molar-refractivity contribution in [2.45, 2.75) is 19.0 Å². The van der Waals surface area contributed by atoms with Crippen LogP contribution < -0.4 is 10.1 Å². The lowest BCUT2D eigenvalue weighted by Gasteiger charge is -2.09. The molecular weight excluding hydrogens is 360 g/mol. The Kier molecular flexibility index (Phi) is 6.49. The molecule has 3 aromatic rings. The third kappa shape index (κ3) is 5.34. The first-order chi connectivity index (χ1) is 13.1. The zero-order valence-electron chi connectivity index (χ0n) is 15.4. The number of ether oxygens (including phenoxy) is 1. The van der Waals surface area contributed by atoms with Crippen molar-refractivity contribution in [2.75, 3.05) is 18.9 Å². The summed E-state index contributed by atoms with van der Waals surface area (Å²) in [5.74, 6) is 1.00. The number of nitrogens with one attached hydrogen (secondary N) is 1. The van der Waals surface area contributed by atoms with Gasteiger partial charge in [-0.2, -0.15) is 0 Å². The highest BCUT2D eigenvalue weighted by atomic mass is 32.2. The Morgan fingerprint density at radius 1 is 1.15 bits per heavy atom. The molecule has 0 radical (unpaired) electrons. The Labute approximate surface area is 163 Å². The summed E-state index contributed by atoms with van der Waals surface area (Å²) >= 11 is 1.36. The number of carbonyl (C=O) groups is 1. The lowest BCUT2D eigenvalue weighted by atomic mass is 10.1. The van der Waals surface area contributed by atoms with Crippen LogP contribution in [-0.4, -0.2) is 39.6 Å². The van der Waals surface area contributed by atoms with Gasteiger partial charge < -0.3 is 10.1 Å². The predicted molar refractivity (Wildman–Crippen MR) is 107 cm³/mol. The second-order valence-corrected chi connectivity index (χ2v) is 6.99. The summed E-state index contributed by atoms with van der Waals surface area (Å²) in [6.07, 6.45) is 1.66. The molecule has 0 spiro atoms. The first kappa shape index (κ1) is 19.0. The Hall–Kier alpha value is -2.80. The minimum Gasteiger partial charge on any atom is -0.492 e. The standard InChI is InChI=1S/C20H22N4O2S/c1-15-8-9-17(12-16(15)2)24-14-22-23-20(24)27-13-19(25)21-10-11-26-18-6-4-3-5-7-18/h3-9,12,14H,10-11,13H2,1-2H3,(H,21,25). The highest BCUT2D eigenvalue weighted by molar-refractivity contribution is 7.99. The van der Waals surface area contributed by atoms with Crippen molar-refractivity contribution in [3.8, 4) is 11.4 Å². The van der Waals surface area contributed by atoms with Gasteiger partial charge in [0, 0.05) is 5.69 Å². The summed E-state index contributed by atoms with van der Waals surface area (Å²) in [6.45, 7) is 5.03. The molecule has 1 heterocycles. The van der Waals surface area contributed by atoms with Crippen molar-refractivity contribution in [1.82, 2.24) is 20.1 Å². The van der Waals surface area contributed by atoms with E-state index in [0.717, 1.165) is 11.4 Å². The topological polar surface area (TPSA) is 69.0 Å². The number of benzene rings is 2. The van der Waals surface area contributed by atoms with Crippen molar-refractivity contribution in [2.24, 2.45) is 0 Å². The first-order valence-corrected chi connectivity index (χ1v) is 9.67. The van der Waals surface area contributed by atoms with E-state index < -0.39 is 0 Å². The number of aromatic nitrogens is 3. The summed E-state index contributed by atoms with van der Waals surface area (Å²) in [6, 6.07) is 15.7. The van der Waals surface area contributed by atoms with Crippen LogP contribution >= 0.6 is 11.8 Å². The molecule has 1 amide bonds. The average molecular weight is 382 g/mol. The number of aryl methyl sites for hydroxylation is 2. The van der Waals surface area contributed by atoms with Gasteiger partial charge in [0.15, 0.2) is 5.16 Å². The van der Waals surface area contributed by atoms with E-state index in [9.17, 15) is 4.79 Å². The molecule has 140 valence electrons. The third-order valence-electron chi connectivity index (χ3n) is 4.05. The molecule has 0 aliphatic rings. The van der Waals surface area contributed by atoms with Crippen LogP contribution in [0.4, 0.5) is 0 Å². The van der Waals surface area contributed by atoms with Crippen LogP contribution in [-0.2, 0) is 4.79 Å². The van der Waals surface area contributed by atoms with Gasteiger partial charge in [0.25, 0.3) is 0 Å². The molecule has 1 N–H and O–H groups in total. The van der Waals surface area contributed by atoms with Crippen molar-refractivity contribution in [1.29, 1.82) is 0 Å². The molecule has 0 atom stereocenters. The maximum Gasteiger partial charge on any atom is 0.230 e. The van der Waals surface area contributed by atoms with Gasteiger partial charge in [-0.15, -0.1) is 10.2 Å². The van der Waals surface area contributed by atoms with E-state index in [4.69, 9.17) is 4.74 Å². The summed E-state index contributed by atoms with van der Waals surface area (Å²) < 4.78 is 7.45. The van der Waals surface area contributed by atoms with Crippen molar-refractivity contribution in [3.05, 3.63) is 66.0 Å². The molecule has 2 aromatic carbocycles. The van der Waals surface area contributed by atoms with E-state index >= 15 is 0 Å². The van der Waals surface area contributed by atoms with Crippen LogP contribution in [0.3, 0.4) is 0 Å². The van der Waals surface area contributed by atoms with E-state index in [-0.39, 0.29) is 11.7 Å². The van der Waals surface area contributed by atoms with Crippen LogP contribution in [0.5, 0.6) is 5.75 Å². The quantitative estimate of drug-likeness (QED) is 0.479. The lowest BCUT2D eigenvalue weighted by molar-refractivity contribution is -0.118. The van der Waals surface area contributed by atoms with Gasteiger partial charge in [-0.25, -0.2) is 0 Å². The summed E-state index contributed by atoms with van der Waals surface area (Å²) in [5.41, 5.74) is 3.42. The van der Waals surface area contributed by atoms with Gasteiger partial charge in [-0.05, 0) is 49.2 Å². The lowest BCUT2D eigenvalue weighted by Crippen LogP contribution is -2.29. The van der Waals surface area contributed by atoms with E-state index in [1.54, 1.807) is 6.33 Å². The summed E-state index contributed by atoms with van der Waals surface area (Å²) in [4.78, 5) is 12.1. The molecule has 0 aliphatic heterocycles. The Morgan fingerprint density at radius 3 is 2.74 bits per heavy atom. The molecule has 0 aliphatic carbocycles. The number of para-hydroxylation sites is 1. The number of hydrogen-bond acceptors (Lipinski definition) is 5. The van der Waals surface area contributed by atoms with E-state index in [0.29, 0.717) is 18.3 Å². The van der Waals surface area contributed by atoms with Gasteiger partial charge in [0.1, 0.15) is 18.7 Å². The number of hydrogen-bond donors (Lipinski definition) is 1. The van der Waals surface area contributed by atoms with Gasteiger partial charge in [-0.3, -0.25) is 9.36 Å². The Morgan fingerprint density at radius 2 is 1.96 bits per heavy atom. The van der Waals surface area contributed by atoms with Gasteiger partial charge >= 0.3 is 0 Å². The van der Waals surface area contributed by atoms with Gasteiger partial charge in [-0.1, -0.05) is 36.0 Å². The van der Waals surface area contributed by atoms with Crippen molar-refractivity contribution >= 4 is 17.7 Å². The number of thioether (sulfide) groups is 1. The van der Waals surface area contributed by atoms with Gasteiger partial charge in [0.05, 0.1) is 12.3 Å². The molecule has 0 fully saturated rings. The SMILES string of the molecule is Cc1ccc(-n2cnnc2SCC(=O)NCCOc2ccccc2)cc1C. The van der Waals surface area contributed by atoms with Crippen molar-refractivity contribution < 1.29 is 9.53 Å². The van der Waals surface area contributed by atoms with E-state index in [2.05, 4.69) is 41.5 Å². The molecule has 0 bridgehead atoms. The number of rotatable bonds is 8. The number of carbonyl (C=O) groups excluding carboxylic acids is 1. The third-order valence-corrected chi connectivity index (χ3v) is 5.00. The van der Waals surface area contributed by atoms with Crippen LogP contribution in [0, 0.1) is 13.8 Å². The molecule has 7 heteroatoms. The molecule has 27 heavy (non-hydrogen) atoms. The van der Waals surface area contributed by atoms with Crippen LogP contribution in [0.15, 0.2) is 60.0 Å². The summed E-state index contributed by atoms with van der Waals surface area (Å²) in [7, 11) is 0. The fourth-order valence-electron chi connectivity index (χ4n) is 2.43. The fraction of sp³-hybridized carbons (Fsp3) is 0.250. The summed E-state index contributed by atoms with van der Waals surface area (Å²) in [5, 5.41) is 11.6. The zero-order chi connectivity index (χ0) is 19.1. The Bertz CT molecular complexity index is 896. The molecule has 0 saturated carbocycles. The van der Waals surface area contributed by atoms with E-state index in [1.807, 2.05) is 41.0 Å². The first-order valence-electron chi connectivity index (χ1n) is 8.68. The maximum absolute atomic E-state index is 12.1. The molecule has 1 aromatic heterocycles. The second kappa shape index (κ2) is 9.23.